The molecule has 0 saturated carbocycles. The van der Waals surface area contributed by atoms with E-state index in [0.29, 0.717) is 13.0 Å². The van der Waals surface area contributed by atoms with Crippen LogP contribution in [0.3, 0.4) is 0 Å². The third kappa shape index (κ3) is 4.69. The largest absolute Gasteiger partial charge is 0.466 e. The van der Waals surface area contributed by atoms with E-state index >= 15 is 0 Å². The molecule has 2 aromatic carbocycles. The highest BCUT2D eigenvalue weighted by atomic mass is 16.5. The van der Waals surface area contributed by atoms with E-state index in [1.807, 2.05) is 25.1 Å². The maximum atomic E-state index is 12.4. The molecule has 5 heteroatoms. The molecule has 3 heterocycles. The Morgan fingerprint density at radius 1 is 1.06 bits per heavy atom. The molecule has 1 N–H and O–H groups in total. The zero-order chi connectivity index (χ0) is 23.3. The van der Waals surface area contributed by atoms with Crippen molar-refractivity contribution in [2.24, 2.45) is 0 Å². The van der Waals surface area contributed by atoms with Crippen LogP contribution in [0.4, 0.5) is 5.82 Å². The van der Waals surface area contributed by atoms with Crippen molar-refractivity contribution >= 4 is 22.7 Å². The van der Waals surface area contributed by atoms with Gasteiger partial charge in [-0.25, -0.2) is 4.98 Å². The zero-order valence-corrected chi connectivity index (χ0v) is 19.7. The van der Waals surface area contributed by atoms with Gasteiger partial charge in [-0.2, -0.15) is 0 Å². The maximum Gasteiger partial charge on any atom is 0.308 e. The molecule has 5 rings (SSSR count). The molecule has 5 nitrogen and oxygen atoms in total. The first-order valence-corrected chi connectivity index (χ1v) is 12.2. The van der Waals surface area contributed by atoms with Crippen LogP contribution in [-0.4, -0.2) is 28.7 Å². The first-order valence-electron chi connectivity index (χ1n) is 12.2. The molecular weight excluding hydrogens is 422 g/mol. The highest BCUT2D eigenvalue weighted by Gasteiger charge is 2.21. The Hall–Kier alpha value is -3.60. The Balaban J connectivity index is 1.42. The SMILES string of the molecule is CCOC(=O)CC(c1ccccc1)n1ccc2c(CCc3ccc4c(n3)NCCC4)cccc21. The maximum absolute atomic E-state index is 12.4. The summed E-state index contributed by atoms with van der Waals surface area (Å²) in [4.78, 5) is 17.3. The Morgan fingerprint density at radius 2 is 1.94 bits per heavy atom. The molecule has 4 aromatic rings. The van der Waals surface area contributed by atoms with Gasteiger partial charge in [-0.05, 0) is 67.5 Å². The topological polar surface area (TPSA) is 56.2 Å². The van der Waals surface area contributed by atoms with Gasteiger partial charge < -0.3 is 14.6 Å². The van der Waals surface area contributed by atoms with Crippen LogP contribution in [0.2, 0.25) is 0 Å². The van der Waals surface area contributed by atoms with Crippen LogP contribution in [0, 0.1) is 0 Å². The summed E-state index contributed by atoms with van der Waals surface area (Å²) in [6.45, 7) is 3.24. The van der Waals surface area contributed by atoms with Crippen LogP contribution in [0.5, 0.6) is 0 Å². The number of rotatable bonds is 8. The van der Waals surface area contributed by atoms with Crippen molar-refractivity contribution in [2.45, 2.75) is 45.1 Å². The highest BCUT2D eigenvalue weighted by molar-refractivity contribution is 5.84. The molecular formula is C29H31N3O2. The lowest BCUT2D eigenvalue weighted by Crippen LogP contribution is -2.16. The van der Waals surface area contributed by atoms with E-state index in [1.54, 1.807) is 0 Å². The van der Waals surface area contributed by atoms with Crippen LogP contribution in [0.1, 0.15) is 48.2 Å². The number of nitrogens with one attached hydrogen (secondary N) is 1. The first-order chi connectivity index (χ1) is 16.7. The lowest BCUT2D eigenvalue weighted by Gasteiger charge is -2.20. The molecule has 0 fully saturated rings. The van der Waals surface area contributed by atoms with E-state index in [4.69, 9.17) is 9.72 Å². The number of hydrogen-bond donors (Lipinski definition) is 1. The quantitative estimate of drug-likeness (QED) is 0.347. The van der Waals surface area contributed by atoms with E-state index < -0.39 is 0 Å². The minimum absolute atomic E-state index is 0.110. The highest BCUT2D eigenvalue weighted by Crippen LogP contribution is 2.30. The number of aryl methyl sites for hydroxylation is 3. The van der Waals surface area contributed by atoms with Crippen LogP contribution >= 0.6 is 0 Å². The van der Waals surface area contributed by atoms with Gasteiger partial charge in [0.15, 0.2) is 0 Å². The third-order valence-electron chi connectivity index (χ3n) is 6.64. The van der Waals surface area contributed by atoms with E-state index in [2.05, 4.69) is 64.6 Å². The molecule has 1 atom stereocenters. The average molecular weight is 454 g/mol. The number of fused-ring (bicyclic) bond motifs is 2. The number of anilines is 1. The van der Waals surface area contributed by atoms with Gasteiger partial charge in [0.05, 0.1) is 19.1 Å². The molecule has 1 aliphatic heterocycles. The summed E-state index contributed by atoms with van der Waals surface area (Å²) in [6.07, 6.45) is 6.50. The van der Waals surface area contributed by atoms with Crippen LogP contribution in [0.25, 0.3) is 10.9 Å². The minimum atomic E-state index is -0.179. The van der Waals surface area contributed by atoms with Crippen LogP contribution in [0.15, 0.2) is 72.9 Å². The second-order valence-electron chi connectivity index (χ2n) is 8.85. The Bertz CT molecular complexity index is 1280. The smallest absolute Gasteiger partial charge is 0.308 e. The summed E-state index contributed by atoms with van der Waals surface area (Å²) >= 11 is 0. The predicted molar refractivity (Wildman–Crippen MR) is 136 cm³/mol. The zero-order valence-electron chi connectivity index (χ0n) is 19.7. The van der Waals surface area contributed by atoms with E-state index in [0.717, 1.165) is 48.4 Å². The van der Waals surface area contributed by atoms with Crippen molar-refractivity contribution in [1.29, 1.82) is 0 Å². The molecule has 34 heavy (non-hydrogen) atoms. The molecule has 2 aromatic heterocycles. The van der Waals surface area contributed by atoms with Gasteiger partial charge in [0.25, 0.3) is 0 Å². The number of carbonyl (C=O) groups excluding carboxylic acids is 1. The van der Waals surface area contributed by atoms with Crippen molar-refractivity contribution in [2.75, 3.05) is 18.5 Å². The number of carbonyl (C=O) groups is 1. The van der Waals surface area contributed by atoms with Gasteiger partial charge in [0, 0.05) is 29.3 Å². The summed E-state index contributed by atoms with van der Waals surface area (Å²) in [7, 11) is 0. The monoisotopic (exact) mass is 453 g/mol. The normalized spacial score (nSPS) is 13.8. The number of ether oxygens (including phenoxy) is 1. The molecule has 0 spiro atoms. The number of pyridine rings is 1. The molecule has 0 saturated heterocycles. The summed E-state index contributed by atoms with van der Waals surface area (Å²) in [6, 6.07) is 23.1. The summed E-state index contributed by atoms with van der Waals surface area (Å²) in [5.74, 6) is 0.874. The summed E-state index contributed by atoms with van der Waals surface area (Å²) in [5.41, 5.74) is 5.98. The average Bonchev–Trinajstić information content (AvgIpc) is 3.31. The minimum Gasteiger partial charge on any atom is -0.466 e. The Morgan fingerprint density at radius 3 is 2.79 bits per heavy atom. The van der Waals surface area contributed by atoms with Crippen molar-refractivity contribution in [3.05, 3.63) is 95.3 Å². The van der Waals surface area contributed by atoms with Gasteiger partial charge >= 0.3 is 5.97 Å². The number of hydrogen-bond acceptors (Lipinski definition) is 4. The Kier molecular flexibility index (Phi) is 6.61. The number of esters is 1. The second-order valence-corrected chi connectivity index (χ2v) is 8.85. The molecule has 1 unspecified atom stereocenters. The fourth-order valence-electron chi connectivity index (χ4n) is 4.94. The fraction of sp³-hybridized carbons (Fsp3) is 0.310. The fourth-order valence-corrected chi connectivity index (χ4v) is 4.94. The van der Waals surface area contributed by atoms with E-state index in [9.17, 15) is 4.79 Å². The number of benzene rings is 2. The lowest BCUT2D eigenvalue weighted by molar-refractivity contribution is -0.143. The van der Waals surface area contributed by atoms with Crippen LogP contribution < -0.4 is 5.32 Å². The van der Waals surface area contributed by atoms with Crippen molar-refractivity contribution < 1.29 is 9.53 Å². The van der Waals surface area contributed by atoms with Gasteiger partial charge in [-0.15, -0.1) is 0 Å². The van der Waals surface area contributed by atoms with Gasteiger partial charge in [0.1, 0.15) is 5.82 Å². The van der Waals surface area contributed by atoms with E-state index in [-0.39, 0.29) is 12.0 Å². The van der Waals surface area contributed by atoms with Crippen molar-refractivity contribution in [3.8, 4) is 0 Å². The van der Waals surface area contributed by atoms with Gasteiger partial charge in [0.2, 0.25) is 0 Å². The molecule has 0 bridgehead atoms. The second kappa shape index (κ2) is 10.1. The van der Waals surface area contributed by atoms with Gasteiger partial charge in [-0.3, -0.25) is 4.79 Å². The number of aromatic nitrogens is 2. The van der Waals surface area contributed by atoms with Crippen LogP contribution in [-0.2, 0) is 28.8 Å². The standard InChI is InChI=1S/C29H31N3O2/c1-2-34-28(33)20-27(22-8-4-3-5-9-22)32-19-17-25-21(10-6-12-26(25)32)13-15-24-16-14-23-11-7-18-30-29(23)31-24/h3-6,8-10,12,14,16-17,19,27H,2,7,11,13,15,18,20H2,1H3,(H,30,31). The van der Waals surface area contributed by atoms with Crippen molar-refractivity contribution in [3.63, 3.8) is 0 Å². The molecule has 0 amide bonds. The summed E-state index contributed by atoms with van der Waals surface area (Å²) < 4.78 is 7.50. The van der Waals surface area contributed by atoms with Crippen molar-refractivity contribution in [1.82, 2.24) is 9.55 Å². The first kappa shape index (κ1) is 22.2. The lowest BCUT2D eigenvalue weighted by atomic mass is 10.0. The third-order valence-corrected chi connectivity index (χ3v) is 6.64. The van der Waals surface area contributed by atoms with E-state index in [1.165, 1.54) is 22.9 Å². The molecule has 1 aliphatic rings. The molecule has 0 aliphatic carbocycles. The molecule has 174 valence electrons. The molecule has 0 radical (unpaired) electrons. The predicted octanol–water partition coefficient (Wildman–Crippen LogP) is 5.72. The Labute approximate surface area is 200 Å². The van der Waals surface area contributed by atoms with Gasteiger partial charge in [-0.1, -0.05) is 48.5 Å². The number of nitrogens with zero attached hydrogens (tertiary/aromatic N) is 2. The summed E-state index contributed by atoms with van der Waals surface area (Å²) in [5, 5.41) is 4.66.